The number of rotatable bonds is 48. The summed E-state index contributed by atoms with van der Waals surface area (Å²) in [6.45, 7) is 5.66. The topological polar surface area (TPSA) is 175 Å². The van der Waals surface area contributed by atoms with Crippen molar-refractivity contribution in [3.05, 3.63) is 122 Å². The molecule has 6 atom stereocenters. The van der Waals surface area contributed by atoms with Gasteiger partial charge in [-0.1, -0.05) is 187 Å². The lowest BCUT2D eigenvalue weighted by atomic mass is 9.98. The van der Waals surface area contributed by atoms with E-state index < -0.39 is 67.3 Å². The first kappa shape index (κ1) is 70.1. The number of esters is 3. The molecule has 12 heteroatoms. The Bertz CT molecular complexity index is 1800. The van der Waals surface area contributed by atoms with Crippen LogP contribution in [0.4, 0.5) is 0 Å². The van der Waals surface area contributed by atoms with E-state index in [1.165, 1.54) is 19.3 Å². The summed E-state index contributed by atoms with van der Waals surface area (Å²) in [5.74, 6) is -3.24. The first-order valence-corrected chi connectivity index (χ1v) is 29.5. The SMILES string of the molecule is CC/C=C\C/C=C\C/C=C\C/C=C\C/C=C\CCCCCC(=O)OCC(COC1OC(C(=O)O)C(O)C(O)C1OC(=O)CCCCC/C=C\C/C=C\C/C=C\CC)OC(=O)CCCCCCC/C=C\C/C=C\CCCCC. The summed E-state index contributed by atoms with van der Waals surface area (Å²) in [6.07, 6.45) is 58.8. The summed E-state index contributed by atoms with van der Waals surface area (Å²) in [4.78, 5) is 51.1. The summed E-state index contributed by atoms with van der Waals surface area (Å²) in [6, 6.07) is 0. The minimum absolute atomic E-state index is 0.0138. The van der Waals surface area contributed by atoms with Gasteiger partial charge in [0.2, 0.25) is 0 Å². The molecule has 77 heavy (non-hydrogen) atoms. The fourth-order valence-electron chi connectivity index (χ4n) is 8.02. The van der Waals surface area contributed by atoms with Crippen molar-refractivity contribution in [3.8, 4) is 0 Å². The maximum Gasteiger partial charge on any atom is 0.335 e. The predicted molar refractivity (Wildman–Crippen MR) is 312 cm³/mol. The van der Waals surface area contributed by atoms with E-state index in [2.05, 4.69) is 142 Å². The van der Waals surface area contributed by atoms with Crippen molar-refractivity contribution < 1.29 is 58.2 Å². The molecule has 0 spiro atoms. The maximum absolute atomic E-state index is 13.1. The average molecular weight is 1080 g/mol. The minimum atomic E-state index is -1.93. The van der Waals surface area contributed by atoms with Gasteiger partial charge in [0.1, 0.15) is 18.8 Å². The summed E-state index contributed by atoms with van der Waals surface area (Å²) in [7, 11) is 0. The van der Waals surface area contributed by atoms with Crippen molar-refractivity contribution in [1.82, 2.24) is 0 Å². The molecule has 0 saturated carbocycles. The molecular formula is C65H102O12. The highest BCUT2D eigenvalue weighted by atomic mass is 16.7. The molecule has 0 aliphatic carbocycles. The van der Waals surface area contributed by atoms with Gasteiger partial charge < -0.3 is 39.0 Å². The number of unbranched alkanes of at least 4 members (excludes halogenated alkanes) is 14. The number of carboxylic acid groups (broad SMARTS) is 1. The second kappa shape index (κ2) is 51.9. The van der Waals surface area contributed by atoms with Crippen molar-refractivity contribution >= 4 is 23.9 Å². The van der Waals surface area contributed by atoms with Crippen LogP contribution in [-0.2, 0) is 42.9 Å². The lowest BCUT2D eigenvalue weighted by Gasteiger charge is -2.40. The third kappa shape index (κ3) is 41.8. The Kier molecular flexibility index (Phi) is 47.2. The zero-order valence-electron chi connectivity index (χ0n) is 47.7. The Morgan fingerprint density at radius 1 is 0.442 bits per heavy atom. The van der Waals surface area contributed by atoms with E-state index in [0.29, 0.717) is 19.3 Å². The summed E-state index contributed by atoms with van der Waals surface area (Å²) >= 11 is 0. The molecule has 0 bridgehead atoms. The zero-order valence-corrected chi connectivity index (χ0v) is 47.7. The molecule has 0 aromatic rings. The largest absolute Gasteiger partial charge is 0.479 e. The second-order valence-corrected chi connectivity index (χ2v) is 19.5. The van der Waals surface area contributed by atoms with Gasteiger partial charge in [-0.05, 0) is 128 Å². The fraction of sp³-hybridized carbons (Fsp3) is 0.631. The Balaban J connectivity index is 2.75. The van der Waals surface area contributed by atoms with Gasteiger partial charge in [0.05, 0.1) is 6.61 Å². The number of ether oxygens (including phenoxy) is 5. The summed E-state index contributed by atoms with van der Waals surface area (Å²) in [5, 5.41) is 31.5. The molecule has 1 rings (SSSR count). The molecule has 434 valence electrons. The number of carbonyl (C=O) groups is 4. The highest BCUT2D eigenvalue weighted by Gasteiger charge is 2.50. The molecule has 3 N–H and O–H groups in total. The second-order valence-electron chi connectivity index (χ2n) is 19.5. The van der Waals surface area contributed by atoms with Crippen LogP contribution in [0.25, 0.3) is 0 Å². The first-order valence-electron chi connectivity index (χ1n) is 29.5. The van der Waals surface area contributed by atoms with Gasteiger partial charge in [-0.25, -0.2) is 4.79 Å². The van der Waals surface area contributed by atoms with Gasteiger partial charge in [-0.3, -0.25) is 14.4 Å². The molecule has 12 nitrogen and oxygen atoms in total. The highest BCUT2D eigenvalue weighted by molar-refractivity contribution is 5.74. The quantitative estimate of drug-likeness (QED) is 0.0228. The molecule has 1 aliphatic rings. The number of hydrogen-bond acceptors (Lipinski definition) is 11. The van der Waals surface area contributed by atoms with Crippen LogP contribution in [0, 0.1) is 0 Å². The van der Waals surface area contributed by atoms with Gasteiger partial charge in [0, 0.05) is 19.3 Å². The maximum atomic E-state index is 13.1. The molecule has 0 amide bonds. The van der Waals surface area contributed by atoms with Crippen LogP contribution in [0.1, 0.15) is 213 Å². The van der Waals surface area contributed by atoms with Gasteiger partial charge in [-0.2, -0.15) is 0 Å². The Morgan fingerprint density at radius 3 is 1.26 bits per heavy atom. The molecule has 1 aliphatic heterocycles. The van der Waals surface area contributed by atoms with E-state index in [-0.39, 0.29) is 25.9 Å². The molecule has 0 aromatic carbocycles. The van der Waals surface area contributed by atoms with E-state index >= 15 is 0 Å². The Morgan fingerprint density at radius 2 is 0.818 bits per heavy atom. The van der Waals surface area contributed by atoms with Crippen LogP contribution in [-0.4, -0.2) is 89.2 Å². The number of carbonyl (C=O) groups excluding carboxylic acids is 3. The van der Waals surface area contributed by atoms with E-state index in [9.17, 15) is 34.5 Å². The number of aliphatic hydroxyl groups is 2. The highest BCUT2D eigenvalue weighted by Crippen LogP contribution is 2.26. The van der Waals surface area contributed by atoms with Crippen LogP contribution in [0.2, 0.25) is 0 Å². The van der Waals surface area contributed by atoms with E-state index in [1.54, 1.807) is 0 Å². The molecule has 0 radical (unpaired) electrons. The first-order chi connectivity index (χ1) is 37.6. The number of aliphatic hydroxyl groups excluding tert-OH is 2. The summed E-state index contributed by atoms with van der Waals surface area (Å²) < 4.78 is 28.3. The van der Waals surface area contributed by atoms with E-state index in [0.717, 1.165) is 135 Å². The van der Waals surface area contributed by atoms with Crippen molar-refractivity contribution in [2.75, 3.05) is 13.2 Å². The van der Waals surface area contributed by atoms with E-state index in [4.69, 9.17) is 23.7 Å². The van der Waals surface area contributed by atoms with Crippen molar-refractivity contribution in [1.29, 1.82) is 0 Å². The molecule has 0 aromatic heterocycles. The number of carboxylic acids is 1. The monoisotopic (exact) mass is 1070 g/mol. The summed E-state index contributed by atoms with van der Waals surface area (Å²) in [5.41, 5.74) is 0. The van der Waals surface area contributed by atoms with Crippen LogP contribution in [0.5, 0.6) is 0 Å². The zero-order chi connectivity index (χ0) is 56.1. The molecule has 1 saturated heterocycles. The third-order valence-corrected chi connectivity index (χ3v) is 12.5. The van der Waals surface area contributed by atoms with Crippen LogP contribution >= 0.6 is 0 Å². The van der Waals surface area contributed by atoms with Gasteiger partial charge in [-0.15, -0.1) is 0 Å². The molecule has 1 fully saturated rings. The average Bonchev–Trinajstić information content (AvgIpc) is 3.42. The van der Waals surface area contributed by atoms with Crippen molar-refractivity contribution in [3.63, 3.8) is 0 Å². The van der Waals surface area contributed by atoms with Crippen LogP contribution in [0.15, 0.2) is 122 Å². The van der Waals surface area contributed by atoms with Crippen LogP contribution in [0.3, 0.4) is 0 Å². The molecular weight excluding hydrogens is 973 g/mol. The Hall–Kier alpha value is -4.88. The fourth-order valence-corrected chi connectivity index (χ4v) is 8.02. The minimum Gasteiger partial charge on any atom is -0.479 e. The lowest BCUT2D eigenvalue weighted by molar-refractivity contribution is -0.301. The standard InChI is InChI=1S/C65H102O12/c1-4-7-10-13-16-19-22-25-27-28-29-30-32-34-36-39-42-45-48-51-57(66)73-54-56(75-58(67)52-49-46-43-40-38-35-31-26-23-20-17-14-11-8-5-2)55-74-65-63(61(70)60(69)62(77-65)64(71)72)76-59(68)53-50-47-44-41-37-33-24-21-18-15-12-9-6-3/h7,9-10,12,16-21,25-27,29-31,33-34,36-37,56,60-63,65,69-70H,4-6,8,11,13-15,22-24,28,32,35,38-55H2,1-3H3,(H,71,72)/b10-7-,12-9-,19-16-,20-17-,21-18-,27-25-,30-29-,31-26-,36-34-,37-33-. The van der Waals surface area contributed by atoms with Gasteiger partial charge in [0.15, 0.2) is 24.6 Å². The molecule has 6 unspecified atom stereocenters. The van der Waals surface area contributed by atoms with Crippen LogP contribution < -0.4 is 0 Å². The normalized spacial score (nSPS) is 18.9. The molecule has 1 heterocycles. The third-order valence-electron chi connectivity index (χ3n) is 12.5. The van der Waals surface area contributed by atoms with Gasteiger partial charge in [0.25, 0.3) is 0 Å². The Labute approximate surface area is 465 Å². The lowest BCUT2D eigenvalue weighted by Crippen LogP contribution is -2.61. The van der Waals surface area contributed by atoms with Crippen molar-refractivity contribution in [2.45, 2.75) is 250 Å². The number of hydrogen-bond donors (Lipinski definition) is 3. The van der Waals surface area contributed by atoms with Gasteiger partial charge >= 0.3 is 23.9 Å². The predicted octanol–water partition coefficient (Wildman–Crippen LogP) is 15.2. The number of allylic oxidation sites excluding steroid dienone is 20. The smallest absolute Gasteiger partial charge is 0.335 e. The van der Waals surface area contributed by atoms with Crippen molar-refractivity contribution in [2.24, 2.45) is 0 Å². The van der Waals surface area contributed by atoms with E-state index in [1.807, 2.05) is 0 Å². The number of aliphatic carboxylic acids is 1.